The minimum Gasteiger partial charge on any atom is -0.342 e. The van der Waals surface area contributed by atoms with Gasteiger partial charge in [-0.1, -0.05) is 68.8 Å². The number of pyridine rings is 1. The summed E-state index contributed by atoms with van der Waals surface area (Å²) in [5, 5.41) is 0.712. The molecule has 3 aromatic rings. The van der Waals surface area contributed by atoms with Gasteiger partial charge in [-0.15, -0.1) is 0 Å². The van der Waals surface area contributed by atoms with Crippen molar-refractivity contribution in [3.05, 3.63) is 65.7 Å². The number of aryl methyl sites for hydroxylation is 1. The second-order valence-corrected chi connectivity index (χ2v) is 10.2. The third-order valence-electron chi connectivity index (χ3n) is 6.40. The van der Waals surface area contributed by atoms with Gasteiger partial charge in [-0.2, -0.15) is 0 Å². The largest absolute Gasteiger partial charge is 0.342 e. The maximum Gasteiger partial charge on any atom is 0.270 e. The predicted molar refractivity (Wildman–Crippen MR) is 136 cm³/mol. The van der Waals surface area contributed by atoms with Crippen LogP contribution < -0.4 is 10.9 Å². The molecule has 7 heteroatoms. The highest BCUT2D eigenvalue weighted by Crippen LogP contribution is 2.26. The molecule has 1 saturated heterocycles. The van der Waals surface area contributed by atoms with Crippen molar-refractivity contribution in [2.45, 2.75) is 40.5 Å². The summed E-state index contributed by atoms with van der Waals surface area (Å²) in [5.74, 6) is -0.792. The summed E-state index contributed by atoms with van der Waals surface area (Å²) >= 11 is 0. The number of piperidine rings is 1. The Bertz CT molecular complexity index is 1250. The van der Waals surface area contributed by atoms with Crippen LogP contribution >= 0.6 is 0 Å². The van der Waals surface area contributed by atoms with E-state index in [4.69, 9.17) is 4.98 Å². The molecule has 3 amide bonds. The zero-order valence-corrected chi connectivity index (χ0v) is 20.7. The van der Waals surface area contributed by atoms with Gasteiger partial charge in [0.05, 0.1) is 16.8 Å². The first-order chi connectivity index (χ1) is 16.6. The molecule has 0 aliphatic carbocycles. The molecule has 0 unspecified atom stereocenters. The summed E-state index contributed by atoms with van der Waals surface area (Å²) in [6.45, 7) is 8.80. The topological polar surface area (TPSA) is 91.4 Å². The molecule has 0 radical (unpaired) electrons. The summed E-state index contributed by atoms with van der Waals surface area (Å²) in [6.07, 6.45) is 1.14. The third kappa shape index (κ3) is 5.50. The van der Waals surface area contributed by atoms with Crippen LogP contribution in [0.2, 0.25) is 0 Å². The Hall–Kier alpha value is -3.74. The number of hydrazine groups is 1. The fraction of sp³-hybridized carbons (Fsp3) is 0.357. The molecule has 7 nitrogen and oxygen atoms in total. The zero-order valence-electron chi connectivity index (χ0n) is 20.7. The molecule has 1 aliphatic rings. The Kier molecular flexibility index (Phi) is 6.87. The van der Waals surface area contributed by atoms with Crippen LogP contribution in [0.25, 0.3) is 22.2 Å². The normalized spacial score (nSPS) is 14.6. The summed E-state index contributed by atoms with van der Waals surface area (Å²) in [5.41, 5.74) is 8.64. The average molecular weight is 473 g/mol. The molecule has 0 bridgehead atoms. The Balaban J connectivity index is 1.45. The number of aromatic nitrogens is 1. The molecule has 1 aliphatic heterocycles. The van der Waals surface area contributed by atoms with Crippen molar-refractivity contribution in [1.82, 2.24) is 20.7 Å². The average Bonchev–Trinajstić information content (AvgIpc) is 2.86. The third-order valence-corrected chi connectivity index (χ3v) is 6.40. The van der Waals surface area contributed by atoms with E-state index in [1.165, 1.54) is 0 Å². The first-order valence-electron chi connectivity index (χ1n) is 12.0. The predicted octanol–water partition coefficient (Wildman–Crippen LogP) is 4.26. The van der Waals surface area contributed by atoms with E-state index in [-0.39, 0.29) is 17.7 Å². The van der Waals surface area contributed by atoms with Crippen molar-refractivity contribution in [1.29, 1.82) is 0 Å². The summed E-state index contributed by atoms with van der Waals surface area (Å²) in [6, 6.07) is 17.2. The molecule has 2 aromatic carbocycles. The van der Waals surface area contributed by atoms with Crippen molar-refractivity contribution < 1.29 is 14.4 Å². The number of hydrogen-bond donors (Lipinski definition) is 2. The van der Waals surface area contributed by atoms with Gasteiger partial charge >= 0.3 is 0 Å². The highest BCUT2D eigenvalue weighted by Gasteiger charge is 2.32. The minimum atomic E-state index is -0.437. The second kappa shape index (κ2) is 9.86. The molecule has 1 aromatic heterocycles. The maximum absolute atomic E-state index is 13.1. The molecule has 182 valence electrons. The number of carbonyl (C=O) groups excluding carboxylic acids is 3. The fourth-order valence-electron chi connectivity index (χ4n) is 4.34. The van der Waals surface area contributed by atoms with Crippen molar-refractivity contribution in [2.24, 2.45) is 11.3 Å². The summed E-state index contributed by atoms with van der Waals surface area (Å²) in [4.78, 5) is 44.9. The number of para-hydroxylation sites is 1. The quantitative estimate of drug-likeness (QED) is 0.558. The van der Waals surface area contributed by atoms with E-state index in [0.717, 1.165) is 11.1 Å². The van der Waals surface area contributed by atoms with Crippen LogP contribution in [0.5, 0.6) is 0 Å². The van der Waals surface area contributed by atoms with Gasteiger partial charge in [0, 0.05) is 35.4 Å². The van der Waals surface area contributed by atoms with Gasteiger partial charge in [-0.3, -0.25) is 25.2 Å². The SMILES string of the molecule is Cc1ccc(-c2cc(C(=O)NNC(=O)C3CCN(C(=O)C(C)(C)C)CC3)c3ccccc3n2)cc1. The minimum absolute atomic E-state index is 0.0959. The Morgan fingerprint density at radius 1 is 0.943 bits per heavy atom. The number of nitrogens with one attached hydrogen (secondary N) is 2. The lowest BCUT2D eigenvalue weighted by Crippen LogP contribution is -2.49. The van der Waals surface area contributed by atoms with Gasteiger partial charge < -0.3 is 4.90 Å². The lowest BCUT2D eigenvalue weighted by Gasteiger charge is -2.35. The number of likely N-dealkylation sites (tertiary alicyclic amines) is 1. The van der Waals surface area contributed by atoms with Gasteiger partial charge in [-0.25, -0.2) is 4.98 Å². The van der Waals surface area contributed by atoms with Crippen LogP contribution in [0.1, 0.15) is 49.5 Å². The molecule has 2 N–H and O–H groups in total. The first kappa shape index (κ1) is 24.4. The molecule has 2 heterocycles. The summed E-state index contributed by atoms with van der Waals surface area (Å²) in [7, 11) is 0. The fourth-order valence-corrected chi connectivity index (χ4v) is 4.34. The molecule has 0 spiro atoms. The van der Waals surface area contributed by atoms with Gasteiger partial charge in [0.15, 0.2) is 0 Å². The Morgan fingerprint density at radius 2 is 1.60 bits per heavy atom. The van der Waals surface area contributed by atoms with Crippen LogP contribution in [0, 0.1) is 18.3 Å². The molecular formula is C28H32N4O3. The number of hydrogen-bond acceptors (Lipinski definition) is 4. The van der Waals surface area contributed by atoms with Crippen LogP contribution in [0.4, 0.5) is 0 Å². The van der Waals surface area contributed by atoms with E-state index in [9.17, 15) is 14.4 Å². The highest BCUT2D eigenvalue weighted by molar-refractivity contribution is 6.07. The second-order valence-electron chi connectivity index (χ2n) is 10.2. The standard InChI is InChI=1S/C28H32N4O3/c1-18-9-11-19(12-10-18)24-17-22(21-7-5-6-8-23(21)29-24)26(34)31-30-25(33)20-13-15-32(16-14-20)27(35)28(2,3)4/h5-12,17,20H,13-16H2,1-4H3,(H,30,33)(H,31,34). The van der Waals surface area contributed by atoms with Gasteiger partial charge in [0.25, 0.3) is 5.91 Å². The van der Waals surface area contributed by atoms with Crippen molar-refractivity contribution in [3.8, 4) is 11.3 Å². The Labute approximate surface area is 205 Å². The molecular weight excluding hydrogens is 440 g/mol. The number of carbonyl (C=O) groups is 3. The monoisotopic (exact) mass is 472 g/mol. The number of benzene rings is 2. The van der Waals surface area contributed by atoms with Crippen molar-refractivity contribution in [3.63, 3.8) is 0 Å². The number of nitrogens with zero attached hydrogens (tertiary/aromatic N) is 2. The van der Waals surface area contributed by atoms with Gasteiger partial charge in [-0.05, 0) is 31.9 Å². The first-order valence-corrected chi connectivity index (χ1v) is 12.0. The van der Waals surface area contributed by atoms with E-state index < -0.39 is 11.3 Å². The van der Waals surface area contributed by atoms with Crippen LogP contribution in [0.3, 0.4) is 0 Å². The van der Waals surface area contributed by atoms with E-state index in [1.807, 2.05) is 81.1 Å². The lowest BCUT2D eigenvalue weighted by atomic mass is 9.91. The van der Waals surface area contributed by atoms with Crippen LogP contribution in [-0.2, 0) is 9.59 Å². The van der Waals surface area contributed by atoms with Crippen molar-refractivity contribution >= 4 is 28.6 Å². The van der Waals surface area contributed by atoms with E-state index in [2.05, 4.69) is 10.9 Å². The lowest BCUT2D eigenvalue weighted by molar-refractivity contribution is -0.142. The van der Waals surface area contributed by atoms with E-state index >= 15 is 0 Å². The van der Waals surface area contributed by atoms with Crippen molar-refractivity contribution in [2.75, 3.05) is 13.1 Å². The molecule has 35 heavy (non-hydrogen) atoms. The summed E-state index contributed by atoms with van der Waals surface area (Å²) < 4.78 is 0. The Morgan fingerprint density at radius 3 is 2.26 bits per heavy atom. The number of amides is 3. The van der Waals surface area contributed by atoms with E-state index in [0.29, 0.717) is 48.1 Å². The zero-order chi connectivity index (χ0) is 25.2. The van der Waals surface area contributed by atoms with Crippen LogP contribution in [0.15, 0.2) is 54.6 Å². The molecule has 0 atom stereocenters. The molecule has 4 rings (SSSR count). The van der Waals surface area contributed by atoms with Gasteiger partial charge in [0.1, 0.15) is 0 Å². The van der Waals surface area contributed by atoms with Gasteiger partial charge in [0.2, 0.25) is 11.8 Å². The highest BCUT2D eigenvalue weighted by atomic mass is 16.2. The smallest absolute Gasteiger partial charge is 0.270 e. The molecule has 1 fully saturated rings. The van der Waals surface area contributed by atoms with Crippen LogP contribution in [-0.4, -0.2) is 40.7 Å². The maximum atomic E-state index is 13.1. The number of fused-ring (bicyclic) bond motifs is 1. The van der Waals surface area contributed by atoms with E-state index in [1.54, 1.807) is 6.07 Å². The molecule has 0 saturated carbocycles. The number of rotatable bonds is 3.